The number of likely N-dealkylation sites (tertiary alicyclic amines) is 1. The molecule has 0 aliphatic carbocycles. The molecule has 0 unspecified atom stereocenters. The second-order valence-corrected chi connectivity index (χ2v) is 5.79. The Bertz CT molecular complexity index is 329. The molecule has 0 aromatic carbocycles. The van der Waals surface area contributed by atoms with Crippen LogP contribution in [0.15, 0.2) is 0 Å². The molecule has 1 aliphatic heterocycles. The normalized spacial score (nSPS) is 17.9. The van der Waals surface area contributed by atoms with Crippen LogP contribution < -0.4 is 5.73 Å². The van der Waals surface area contributed by atoms with Gasteiger partial charge in [0, 0.05) is 25.0 Å². The van der Waals surface area contributed by atoms with Crippen molar-refractivity contribution in [3.05, 3.63) is 0 Å². The summed E-state index contributed by atoms with van der Waals surface area (Å²) in [6.45, 7) is 6.67. The zero-order valence-corrected chi connectivity index (χ0v) is 11.5. The van der Waals surface area contributed by atoms with E-state index in [1.54, 1.807) is 4.90 Å². The van der Waals surface area contributed by atoms with E-state index in [0.29, 0.717) is 19.6 Å². The van der Waals surface area contributed by atoms with E-state index in [4.69, 9.17) is 10.5 Å². The summed E-state index contributed by atoms with van der Waals surface area (Å²) in [5, 5.41) is 0. The van der Waals surface area contributed by atoms with E-state index in [1.807, 2.05) is 20.8 Å². The highest BCUT2D eigenvalue weighted by atomic mass is 16.6. The summed E-state index contributed by atoms with van der Waals surface area (Å²) in [6, 6.07) is 0. The van der Waals surface area contributed by atoms with Gasteiger partial charge in [0.2, 0.25) is 0 Å². The molecule has 1 aliphatic rings. The summed E-state index contributed by atoms with van der Waals surface area (Å²) >= 11 is 0. The number of nitrogens with zero attached hydrogens (tertiary/aromatic N) is 1. The average Bonchev–Trinajstić information content (AvgIpc) is 2.19. The van der Waals surface area contributed by atoms with Gasteiger partial charge in [-0.1, -0.05) is 0 Å². The predicted molar refractivity (Wildman–Crippen MR) is 65.9 cm³/mol. The monoisotopic (exact) mass is 258 g/mol. The van der Waals surface area contributed by atoms with E-state index in [0.717, 1.165) is 0 Å². The van der Waals surface area contributed by atoms with Crippen molar-refractivity contribution in [3.63, 3.8) is 0 Å². The van der Waals surface area contributed by atoms with E-state index in [1.165, 1.54) is 7.11 Å². The predicted octanol–water partition coefficient (Wildman–Crippen LogP) is 0.745. The third-order valence-electron chi connectivity index (χ3n) is 2.88. The molecule has 1 saturated heterocycles. The minimum Gasteiger partial charge on any atom is -0.469 e. The first-order valence-corrected chi connectivity index (χ1v) is 5.96. The standard InChI is InChI=1S/C12H22N2O4/c1-11(2,3)18-10(16)14-7-12(6-13,8-14)5-9(15)17-4/h5-8,13H2,1-4H3. The van der Waals surface area contributed by atoms with Crippen LogP contribution in [0.25, 0.3) is 0 Å². The first kappa shape index (κ1) is 14.8. The summed E-state index contributed by atoms with van der Waals surface area (Å²) in [5.41, 5.74) is 4.80. The maximum Gasteiger partial charge on any atom is 0.410 e. The fourth-order valence-corrected chi connectivity index (χ4v) is 1.91. The van der Waals surface area contributed by atoms with Gasteiger partial charge in [0.15, 0.2) is 0 Å². The highest BCUT2D eigenvalue weighted by Gasteiger charge is 2.47. The molecule has 0 radical (unpaired) electrons. The highest BCUT2D eigenvalue weighted by molar-refractivity contribution is 5.73. The van der Waals surface area contributed by atoms with Gasteiger partial charge in [-0.15, -0.1) is 0 Å². The van der Waals surface area contributed by atoms with Crippen LogP contribution in [0.4, 0.5) is 4.79 Å². The van der Waals surface area contributed by atoms with Gasteiger partial charge in [-0.25, -0.2) is 4.79 Å². The van der Waals surface area contributed by atoms with Gasteiger partial charge in [0.05, 0.1) is 13.5 Å². The molecule has 1 heterocycles. The first-order chi connectivity index (χ1) is 8.21. The van der Waals surface area contributed by atoms with Crippen LogP contribution >= 0.6 is 0 Å². The minimum absolute atomic E-state index is 0.235. The molecule has 1 fully saturated rings. The van der Waals surface area contributed by atoms with Gasteiger partial charge >= 0.3 is 12.1 Å². The Morgan fingerprint density at radius 2 is 1.89 bits per heavy atom. The Morgan fingerprint density at radius 3 is 2.28 bits per heavy atom. The molecule has 2 N–H and O–H groups in total. The van der Waals surface area contributed by atoms with Crippen molar-refractivity contribution < 1.29 is 19.1 Å². The SMILES string of the molecule is COC(=O)CC1(CN)CN(C(=O)OC(C)(C)C)C1. The lowest BCUT2D eigenvalue weighted by atomic mass is 9.77. The van der Waals surface area contributed by atoms with Crippen LogP contribution in [0.1, 0.15) is 27.2 Å². The number of esters is 1. The number of rotatable bonds is 3. The number of hydrogen-bond donors (Lipinski definition) is 1. The molecule has 0 spiro atoms. The van der Waals surface area contributed by atoms with Gasteiger partial charge in [-0.05, 0) is 20.8 Å². The maximum atomic E-state index is 11.7. The van der Waals surface area contributed by atoms with E-state index < -0.39 is 5.60 Å². The van der Waals surface area contributed by atoms with E-state index >= 15 is 0 Å². The van der Waals surface area contributed by atoms with Crippen molar-refractivity contribution in [3.8, 4) is 0 Å². The van der Waals surface area contributed by atoms with Gasteiger partial charge in [-0.2, -0.15) is 0 Å². The van der Waals surface area contributed by atoms with Crippen LogP contribution in [0, 0.1) is 5.41 Å². The Balaban J connectivity index is 2.49. The number of amides is 1. The Hall–Kier alpha value is -1.30. The lowest BCUT2D eigenvalue weighted by Gasteiger charge is -2.48. The van der Waals surface area contributed by atoms with Gasteiger partial charge < -0.3 is 20.1 Å². The summed E-state index contributed by atoms with van der Waals surface area (Å²) in [4.78, 5) is 24.6. The molecule has 0 bridgehead atoms. The molecule has 0 atom stereocenters. The molecule has 6 nitrogen and oxygen atoms in total. The van der Waals surface area contributed by atoms with Gasteiger partial charge in [0.1, 0.15) is 5.60 Å². The fraction of sp³-hybridized carbons (Fsp3) is 0.833. The quantitative estimate of drug-likeness (QED) is 0.755. The summed E-state index contributed by atoms with van der Waals surface area (Å²) in [6.07, 6.45) is -0.129. The number of hydrogen-bond acceptors (Lipinski definition) is 5. The van der Waals surface area contributed by atoms with E-state index in [-0.39, 0.29) is 23.9 Å². The van der Waals surface area contributed by atoms with Crippen molar-refractivity contribution in [1.82, 2.24) is 4.90 Å². The third kappa shape index (κ3) is 3.60. The molecule has 0 aromatic heterocycles. The summed E-state index contributed by atoms with van der Waals surface area (Å²) in [5.74, 6) is -0.302. The smallest absolute Gasteiger partial charge is 0.410 e. The van der Waals surface area contributed by atoms with Crippen LogP contribution in [0.2, 0.25) is 0 Å². The summed E-state index contributed by atoms with van der Waals surface area (Å²) < 4.78 is 9.87. The molecular weight excluding hydrogens is 236 g/mol. The van der Waals surface area contributed by atoms with E-state index in [9.17, 15) is 9.59 Å². The lowest BCUT2D eigenvalue weighted by molar-refractivity contribution is -0.146. The number of carbonyl (C=O) groups is 2. The number of nitrogens with two attached hydrogens (primary N) is 1. The number of methoxy groups -OCH3 is 1. The molecule has 6 heteroatoms. The Labute approximate surface area is 107 Å². The van der Waals surface area contributed by atoms with Crippen molar-refractivity contribution in [2.45, 2.75) is 32.8 Å². The fourth-order valence-electron chi connectivity index (χ4n) is 1.91. The van der Waals surface area contributed by atoms with E-state index in [2.05, 4.69) is 4.74 Å². The first-order valence-electron chi connectivity index (χ1n) is 5.96. The molecule has 0 aromatic rings. The third-order valence-corrected chi connectivity index (χ3v) is 2.88. The molecule has 18 heavy (non-hydrogen) atoms. The van der Waals surface area contributed by atoms with Crippen LogP contribution in [0.3, 0.4) is 0 Å². The molecule has 104 valence electrons. The second kappa shape index (κ2) is 5.14. The highest BCUT2D eigenvalue weighted by Crippen LogP contribution is 2.34. The molecule has 1 amide bonds. The lowest BCUT2D eigenvalue weighted by Crippen LogP contribution is -2.62. The topological polar surface area (TPSA) is 81.9 Å². The van der Waals surface area contributed by atoms with Crippen LogP contribution in [-0.4, -0.2) is 49.3 Å². The summed E-state index contributed by atoms with van der Waals surface area (Å²) in [7, 11) is 1.34. The van der Waals surface area contributed by atoms with Crippen molar-refractivity contribution in [2.75, 3.05) is 26.7 Å². The minimum atomic E-state index is -0.513. The molecule has 0 saturated carbocycles. The average molecular weight is 258 g/mol. The number of carbonyl (C=O) groups excluding carboxylic acids is 2. The molecule has 1 rings (SSSR count). The number of ether oxygens (including phenoxy) is 2. The van der Waals surface area contributed by atoms with Crippen molar-refractivity contribution >= 4 is 12.1 Å². The van der Waals surface area contributed by atoms with Crippen LogP contribution in [-0.2, 0) is 14.3 Å². The zero-order chi connectivity index (χ0) is 14.0. The maximum absolute atomic E-state index is 11.7. The van der Waals surface area contributed by atoms with Gasteiger partial charge in [-0.3, -0.25) is 4.79 Å². The second-order valence-electron chi connectivity index (χ2n) is 5.79. The zero-order valence-electron chi connectivity index (χ0n) is 11.5. The van der Waals surface area contributed by atoms with Crippen molar-refractivity contribution in [1.29, 1.82) is 0 Å². The molecular formula is C12H22N2O4. The van der Waals surface area contributed by atoms with Crippen molar-refractivity contribution in [2.24, 2.45) is 11.1 Å². The van der Waals surface area contributed by atoms with Gasteiger partial charge in [0.25, 0.3) is 0 Å². The largest absolute Gasteiger partial charge is 0.469 e. The van der Waals surface area contributed by atoms with Crippen LogP contribution in [0.5, 0.6) is 0 Å². The Kier molecular flexibility index (Phi) is 4.21. The Morgan fingerprint density at radius 1 is 1.33 bits per heavy atom.